The van der Waals surface area contributed by atoms with Crippen molar-refractivity contribution in [1.82, 2.24) is 4.98 Å². The van der Waals surface area contributed by atoms with Gasteiger partial charge in [0.05, 0.1) is 5.52 Å². The Morgan fingerprint density at radius 3 is 2.22 bits per heavy atom. The molecule has 2 aliphatic carbocycles. The molecule has 2 unspecified atom stereocenters. The van der Waals surface area contributed by atoms with Gasteiger partial charge in [0, 0.05) is 16.3 Å². The van der Waals surface area contributed by atoms with Crippen LogP contribution in [0.5, 0.6) is 0 Å². The number of hydrogen-bond donors (Lipinski definition) is 1. The summed E-state index contributed by atoms with van der Waals surface area (Å²) in [6.07, 6.45) is 5.62. The molecule has 1 saturated carbocycles. The standard InChI is InChI=1S/C22H25N/c1-11-9-10-17-19(12(11)2)20-14(4)13(3)18-15-7-5-6-8-16(15)21(18)22(20)23-17/h9-10,15-16,23H,5-8H2,1-4H3. The van der Waals surface area contributed by atoms with Crippen LogP contribution in [0.25, 0.3) is 21.8 Å². The number of hydrogen-bond acceptors (Lipinski definition) is 0. The van der Waals surface area contributed by atoms with Crippen molar-refractivity contribution in [3.63, 3.8) is 0 Å². The first-order chi connectivity index (χ1) is 11.1. The van der Waals surface area contributed by atoms with Crippen LogP contribution in [0.1, 0.15) is 70.9 Å². The first-order valence-electron chi connectivity index (χ1n) is 9.14. The smallest absolute Gasteiger partial charge is 0.0506 e. The maximum atomic E-state index is 3.81. The minimum absolute atomic E-state index is 0.815. The first-order valence-corrected chi connectivity index (χ1v) is 9.14. The minimum Gasteiger partial charge on any atom is -0.354 e. The highest BCUT2D eigenvalue weighted by molar-refractivity contribution is 6.13. The van der Waals surface area contributed by atoms with E-state index in [0.717, 1.165) is 11.8 Å². The summed E-state index contributed by atoms with van der Waals surface area (Å²) in [4.78, 5) is 3.81. The Bertz CT molecular complexity index is 973. The lowest BCUT2D eigenvalue weighted by atomic mass is 9.59. The molecule has 1 heterocycles. The fourth-order valence-corrected chi connectivity index (χ4v) is 5.46. The molecule has 0 spiro atoms. The van der Waals surface area contributed by atoms with Crippen molar-refractivity contribution in [2.24, 2.45) is 0 Å². The summed E-state index contributed by atoms with van der Waals surface area (Å²) in [7, 11) is 0. The predicted octanol–water partition coefficient (Wildman–Crippen LogP) is 6.31. The highest BCUT2D eigenvalue weighted by Gasteiger charge is 2.42. The van der Waals surface area contributed by atoms with Crippen LogP contribution in [0, 0.1) is 27.7 Å². The summed E-state index contributed by atoms with van der Waals surface area (Å²) in [5.74, 6) is 1.66. The number of nitrogens with one attached hydrogen (secondary N) is 1. The molecule has 0 bridgehead atoms. The van der Waals surface area contributed by atoms with E-state index in [9.17, 15) is 0 Å². The van der Waals surface area contributed by atoms with Gasteiger partial charge >= 0.3 is 0 Å². The third-order valence-corrected chi connectivity index (χ3v) is 6.90. The summed E-state index contributed by atoms with van der Waals surface area (Å²) < 4.78 is 0. The predicted molar refractivity (Wildman–Crippen MR) is 98.7 cm³/mol. The average molecular weight is 303 g/mol. The van der Waals surface area contributed by atoms with E-state index in [-0.39, 0.29) is 0 Å². The van der Waals surface area contributed by atoms with Gasteiger partial charge in [0.2, 0.25) is 0 Å². The SMILES string of the molecule is Cc1ccc2[nH]c3c4c(c(C)c(C)c3c2c1C)C1CCCCC41. The van der Waals surface area contributed by atoms with E-state index in [1.807, 2.05) is 0 Å². The summed E-state index contributed by atoms with van der Waals surface area (Å²) in [5, 5.41) is 2.96. The number of aromatic amines is 1. The van der Waals surface area contributed by atoms with Crippen molar-refractivity contribution >= 4 is 21.8 Å². The molecule has 2 aliphatic rings. The second-order valence-electron chi connectivity index (χ2n) is 7.88. The zero-order chi connectivity index (χ0) is 15.9. The van der Waals surface area contributed by atoms with Gasteiger partial charge in [0.15, 0.2) is 0 Å². The zero-order valence-corrected chi connectivity index (χ0v) is 14.6. The molecular weight excluding hydrogens is 278 g/mol. The van der Waals surface area contributed by atoms with E-state index < -0.39 is 0 Å². The Morgan fingerprint density at radius 1 is 0.783 bits per heavy atom. The Morgan fingerprint density at radius 2 is 1.48 bits per heavy atom. The van der Waals surface area contributed by atoms with Crippen LogP contribution in [0.4, 0.5) is 0 Å². The van der Waals surface area contributed by atoms with Crippen molar-refractivity contribution in [3.05, 3.63) is 45.5 Å². The molecule has 2 atom stereocenters. The molecule has 1 nitrogen and oxygen atoms in total. The molecular formula is C22H25N. The fraction of sp³-hybridized carbons (Fsp3) is 0.455. The largest absolute Gasteiger partial charge is 0.354 e. The van der Waals surface area contributed by atoms with Gasteiger partial charge < -0.3 is 4.98 Å². The van der Waals surface area contributed by atoms with Gasteiger partial charge in [-0.05, 0) is 91.8 Å². The van der Waals surface area contributed by atoms with E-state index in [4.69, 9.17) is 0 Å². The second kappa shape index (κ2) is 4.41. The monoisotopic (exact) mass is 303 g/mol. The molecule has 3 aromatic rings. The van der Waals surface area contributed by atoms with Crippen LogP contribution < -0.4 is 0 Å². The highest BCUT2D eigenvalue weighted by Crippen LogP contribution is 2.59. The molecule has 1 heteroatoms. The van der Waals surface area contributed by atoms with E-state index in [0.29, 0.717) is 0 Å². The van der Waals surface area contributed by atoms with Gasteiger partial charge in [-0.2, -0.15) is 0 Å². The van der Waals surface area contributed by atoms with E-state index in [1.165, 1.54) is 64.2 Å². The Balaban J connectivity index is 1.96. The van der Waals surface area contributed by atoms with Crippen LogP contribution in [0.2, 0.25) is 0 Å². The van der Waals surface area contributed by atoms with E-state index in [2.05, 4.69) is 44.8 Å². The maximum Gasteiger partial charge on any atom is 0.0506 e. The van der Waals surface area contributed by atoms with Crippen LogP contribution in [0.3, 0.4) is 0 Å². The Hall–Kier alpha value is -1.76. The number of aromatic nitrogens is 1. The molecule has 0 saturated heterocycles. The summed E-state index contributed by atoms with van der Waals surface area (Å²) >= 11 is 0. The second-order valence-corrected chi connectivity index (χ2v) is 7.88. The lowest BCUT2D eigenvalue weighted by Crippen LogP contribution is -2.29. The normalized spacial score (nSPS) is 23.0. The van der Waals surface area contributed by atoms with Crippen molar-refractivity contribution in [2.75, 3.05) is 0 Å². The van der Waals surface area contributed by atoms with Gasteiger partial charge in [-0.3, -0.25) is 0 Å². The summed E-state index contributed by atoms with van der Waals surface area (Å²) in [6, 6.07) is 4.53. The van der Waals surface area contributed by atoms with Crippen molar-refractivity contribution in [2.45, 2.75) is 65.2 Å². The van der Waals surface area contributed by atoms with Crippen LogP contribution in [-0.2, 0) is 0 Å². The van der Waals surface area contributed by atoms with Gasteiger partial charge in [-0.1, -0.05) is 18.9 Å². The molecule has 1 fully saturated rings. The molecule has 1 N–H and O–H groups in total. The van der Waals surface area contributed by atoms with Crippen molar-refractivity contribution < 1.29 is 0 Å². The van der Waals surface area contributed by atoms with E-state index in [1.54, 1.807) is 16.7 Å². The third kappa shape index (κ3) is 1.53. The molecule has 0 aliphatic heterocycles. The molecule has 118 valence electrons. The molecule has 0 amide bonds. The Labute approximate surface area is 138 Å². The first kappa shape index (κ1) is 13.7. The van der Waals surface area contributed by atoms with Gasteiger partial charge in [-0.15, -0.1) is 0 Å². The Kier molecular flexibility index (Phi) is 2.62. The molecule has 1 aromatic heterocycles. The van der Waals surface area contributed by atoms with Crippen molar-refractivity contribution in [3.8, 4) is 0 Å². The lowest BCUT2D eigenvalue weighted by Gasteiger charge is -2.45. The number of aryl methyl sites for hydroxylation is 3. The average Bonchev–Trinajstić information content (AvgIpc) is 2.90. The minimum atomic E-state index is 0.815. The topological polar surface area (TPSA) is 15.8 Å². The van der Waals surface area contributed by atoms with Crippen molar-refractivity contribution in [1.29, 1.82) is 0 Å². The number of benzene rings is 2. The molecule has 0 radical (unpaired) electrons. The summed E-state index contributed by atoms with van der Waals surface area (Å²) in [5.41, 5.74) is 12.0. The molecule has 5 rings (SSSR count). The van der Waals surface area contributed by atoms with Crippen LogP contribution in [0.15, 0.2) is 12.1 Å². The fourth-order valence-electron chi connectivity index (χ4n) is 5.46. The number of fused-ring (bicyclic) bond motifs is 8. The van der Waals surface area contributed by atoms with Gasteiger partial charge in [-0.25, -0.2) is 0 Å². The third-order valence-electron chi connectivity index (χ3n) is 6.90. The summed E-state index contributed by atoms with van der Waals surface area (Å²) in [6.45, 7) is 9.21. The van der Waals surface area contributed by atoms with Crippen LogP contribution >= 0.6 is 0 Å². The van der Waals surface area contributed by atoms with Gasteiger partial charge in [0.25, 0.3) is 0 Å². The highest BCUT2D eigenvalue weighted by atomic mass is 14.7. The van der Waals surface area contributed by atoms with Crippen LogP contribution in [-0.4, -0.2) is 4.98 Å². The van der Waals surface area contributed by atoms with Gasteiger partial charge in [0.1, 0.15) is 0 Å². The lowest BCUT2D eigenvalue weighted by molar-refractivity contribution is 0.342. The molecule has 2 aromatic carbocycles. The van der Waals surface area contributed by atoms with E-state index >= 15 is 0 Å². The quantitative estimate of drug-likeness (QED) is 0.501. The number of H-pyrrole nitrogens is 1. The molecule has 23 heavy (non-hydrogen) atoms. The zero-order valence-electron chi connectivity index (χ0n) is 14.6. The number of rotatable bonds is 0. The maximum absolute atomic E-state index is 3.81.